The number of piperazine rings is 1. The molecule has 0 bridgehead atoms. The van der Waals surface area contributed by atoms with Gasteiger partial charge in [0.15, 0.2) is 5.76 Å². The van der Waals surface area contributed by atoms with Gasteiger partial charge in [0.05, 0.1) is 19.1 Å². The Kier molecular flexibility index (Phi) is 7.15. The molecule has 9 heteroatoms. The van der Waals surface area contributed by atoms with Gasteiger partial charge in [-0.3, -0.25) is 14.5 Å². The number of carbonyl (C=O) groups is 2. The third-order valence-corrected chi connectivity index (χ3v) is 7.68. The summed E-state index contributed by atoms with van der Waals surface area (Å²) in [5.74, 6) is 0.994. The summed E-state index contributed by atoms with van der Waals surface area (Å²) in [5, 5.41) is 3.10. The summed E-state index contributed by atoms with van der Waals surface area (Å²) in [5.41, 5.74) is 2.13. The van der Waals surface area contributed by atoms with E-state index in [1.807, 2.05) is 29.2 Å². The number of hydrogen-bond acceptors (Lipinski definition) is 7. The van der Waals surface area contributed by atoms with E-state index in [9.17, 15) is 9.59 Å². The molecule has 1 atom stereocenters. The number of likely N-dealkylation sites (tertiary alicyclic amines) is 1. The standard InChI is InChI=1S/C26H30N4O4S/c1-33-21-9-7-19(8-10-21)24-27-20(18-35-24)17-28-12-14-29(15-13-28)25(31)22-5-2-3-11-30(22)26(32)23-6-4-16-34-23/h4,6-10,16,18,22H,2-3,5,11-15,17H2,1H3. The van der Waals surface area contributed by atoms with Crippen LogP contribution < -0.4 is 4.74 Å². The molecule has 2 aliphatic rings. The van der Waals surface area contributed by atoms with Gasteiger partial charge >= 0.3 is 0 Å². The van der Waals surface area contributed by atoms with Crippen molar-refractivity contribution in [1.29, 1.82) is 0 Å². The lowest BCUT2D eigenvalue weighted by molar-refractivity contribution is -0.139. The molecule has 1 unspecified atom stereocenters. The van der Waals surface area contributed by atoms with Crippen LogP contribution in [0.2, 0.25) is 0 Å². The largest absolute Gasteiger partial charge is 0.497 e. The van der Waals surface area contributed by atoms with Gasteiger partial charge in [-0.15, -0.1) is 11.3 Å². The van der Waals surface area contributed by atoms with E-state index >= 15 is 0 Å². The Bertz CT molecular complexity index is 1140. The molecule has 0 spiro atoms. The van der Waals surface area contributed by atoms with Crippen molar-refractivity contribution in [3.63, 3.8) is 0 Å². The number of amides is 2. The first-order chi connectivity index (χ1) is 17.1. The van der Waals surface area contributed by atoms with E-state index < -0.39 is 6.04 Å². The Morgan fingerprint density at radius 3 is 2.60 bits per heavy atom. The monoisotopic (exact) mass is 494 g/mol. The molecule has 1 aromatic carbocycles. The van der Waals surface area contributed by atoms with Gasteiger partial charge < -0.3 is 19.0 Å². The highest BCUT2D eigenvalue weighted by Gasteiger charge is 2.36. The zero-order chi connectivity index (χ0) is 24.2. The molecule has 2 aromatic heterocycles. The van der Waals surface area contributed by atoms with Gasteiger partial charge in [-0.25, -0.2) is 4.98 Å². The maximum Gasteiger partial charge on any atom is 0.290 e. The van der Waals surface area contributed by atoms with Crippen molar-refractivity contribution < 1.29 is 18.7 Å². The Morgan fingerprint density at radius 1 is 1.09 bits per heavy atom. The summed E-state index contributed by atoms with van der Waals surface area (Å²) in [6.45, 7) is 4.26. The third-order valence-electron chi connectivity index (χ3n) is 6.74. The minimum absolute atomic E-state index is 0.0553. The van der Waals surface area contributed by atoms with Crippen LogP contribution in [0, 0.1) is 0 Å². The fourth-order valence-electron chi connectivity index (χ4n) is 4.79. The number of ether oxygens (including phenoxy) is 1. The molecule has 2 saturated heterocycles. The van der Waals surface area contributed by atoms with Gasteiger partial charge in [0.2, 0.25) is 5.91 Å². The Labute approximate surface area is 209 Å². The molecule has 8 nitrogen and oxygen atoms in total. The quantitative estimate of drug-likeness (QED) is 0.519. The normalized spacial score (nSPS) is 19.1. The van der Waals surface area contributed by atoms with E-state index in [2.05, 4.69) is 10.3 Å². The minimum Gasteiger partial charge on any atom is -0.497 e. The van der Waals surface area contributed by atoms with Crippen LogP contribution in [0.25, 0.3) is 10.6 Å². The van der Waals surface area contributed by atoms with Crippen LogP contribution in [0.1, 0.15) is 35.5 Å². The number of carbonyl (C=O) groups excluding carboxylic acids is 2. The molecule has 5 rings (SSSR count). The van der Waals surface area contributed by atoms with E-state index in [4.69, 9.17) is 14.1 Å². The number of aromatic nitrogens is 1. The fraction of sp³-hybridized carbons (Fsp3) is 0.423. The molecule has 4 heterocycles. The molecule has 0 saturated carbocycles. The van der Waals surface area contributed by atoms with Crippen LogP contribution in [-0.2, 0) is 11.3 Å². The Balaban J connectivity index is 1.16. The SMILES string of the molecule is COc1ccc(-c2nc(CN3CCN(C(=O)C4CCCCN4C(=O)c4ccco4)CC3)cs2)cc1. The average molecular weight is 495 g/mol. The molecule has 0 N–H and O–H groups in total. The van der Waals surface area contributed by atoms with Gasteiger partial charge in [0.25, 0.3) is 5.91 Å². The van der Waals surface area contributed by atoms with E-state index in [1.165, 1.54) is 6.26 Å². The molecule has 0 radical (unpaired) electrons. The van der Waals surface area contributed by atoms with Crippen LogP contribution in [0.5, 0.6) is 5.75 Å². The Hall–Kier alpha value is -3.17. The number of nitrogens with zero attached hydrogens (tertiary/aromatic N) is 4. The Morgan fingerprint density at radius 2 is 1.89 bits per heavy atom. The first-order valence-electron chi connectivity index (χ1n) is 12.1. The van der Waals surface area contributed by atoms with E-state index in [0.717, 1.165) is 54.5 Å². The zero-order valence-electron chi connectivity index (χ0n) is 19.9. The number of hydrogen-bond donors (Lipinski definition) is 0. The topological polar surface area (TPSA) is 79.1 Å². The maximum atomic E-state index is 13.4. The predicted molar refractivity (Wildman–Crippen MR) is 133 cm³/mol. The van der Waals surface area contributed by atoms with Crippen molar-refractivity contribution in [2.24, 2.45) is 0 Å². The van der Waals surface area contributed by atoms with Crippen LogP contribution in [0.15, 0.2) is 52.5 Å². The van der Waals surface area contributed by atoms with Crippen molar-refractivity contribution in [3.05, 3.63) is 59.5 Å². The van der Waals surface area contributed by atoms with Gasteiger partial charge in [0.1, 0.15) is 16.8 Å². The molecule has 2 aliphatic heterocycles. The van der Waals surface area contributed by atoms with Crippen LogP contribution in [0.4, 0.5) is 0 Å². The van der Waals surface area contributed by atoms with Crippen molar-refractivity contribution in [1.82, 2.24) is 19.7 Å². The first-order valence-corrected chi connectivity index (χ1v) is 12.9. The molecular weight excluding hydrogens is 464 g/mol. The van der Waals surface area contributed by atoms with E-state index in [-0.39, 0.29) is 11.8 Å². The molecule has 0 aliphatic carbocycles. The average Bonchev–Trinajstić information content (AvgIpc) is 3.61. The minimum atomic E-state index is -0.404. The zero-order valence-corrected chi connectivity index (χ0v) is 20.7. The van der Waals surface area contributed by atoms with Crippen molar-refractivity contribution in [2.75, 3.05) is 39.8 Å². The molecular formula is C26H30N4O4S. The van der Waals surface area contributed by atoms with Crippen LogP contribution in [-0.4, -0.2) is 77.4 Å². The summed E-state index contributed by atoms with van der Waals surface area (Å²) < 4.78 is 10.5. The number of thiazole rings is 1. The highest BCUT2D eigenvalue weighted by Crippen LogP contribution is 2.27. The molecule has 2 amide bonds. The van der Waals surface area contributed by atoms with Crippen LogP contribution in [0.3, 0.4) is 0 Å². The lowest BCUT2D eigenvalue weighted by Crippen LogP contribution is -2.57. The number of rotatable bonds is 6. The predicted octanol–water partition coefficient (Wildman–Crippen LogP) is 3.75. The lowest BCUT2D eigenvalue weighted by atomic mass is 10.00. The van der Waals surface area contributed by atoms with E-state index in [1.54, 1.807) is 35.5 Å². The number of methoxy groups -OCH3 is 1. The smallest absolute Gasteiger partial charge is 0.290 e. The lowest BCUT2D eigenvalue weighted by Gasteiger charge is -2.40. The first kappa shape index (κ1) is 23.6. The summed E-state index contributed by atoms with van der Waals surface area (Å²) in [6.07, 6.45) is 4.07. The number of furan rings is 1. The molecule has 184 valence electrons. The van der Waals surface area contributed by atoms with Gasteiger partial charge in [-0.1, -0.05) is 0 Å². The molecule has 2 fully saturated rings. The van der Waals surface area contributed by atoms with Crippen molar-refractivity contribution >= 4 is 23.2 Å². The number of benzene rings is 1. The van der Waals surface area contributed by atoms with Gasteiger partial charge in [-0.05, 0) is 55.7 Å². The molecule has 35 heavy (non-hydrogen) atoms. The molecule has 3 aromatic rings. The van der Waals surface area contributed by atoms with Gasteiger partial charge in [0, 0.05) is 50.2 Å². The summed E-state index contributed by atoms with van der Waals surface area (Å²) in [4.78, 5) is 37.0. The summed E-state index contributed by atoms with van der Waals surface area (Å²) in [7, 11) is 1.66. The highest BCUT2D eigenvalue weighted by atomic mass is 32.1. The summed E-state index contributed by atoms with van der Waals surface area (Å²) >= 11 is 1.64. The van der Waals surface area contributed by atoms with Crippen LogP contribution >= 0.6 is 11.3 Å². The third kappa shape index (κ3) is 5.26. The van der Waals surface area contributed by atoms with Crippen molar-refractivity contribution in [2.45, 2.75) is 31.8 Å². The maximum absolute atomic E-state index is 13.4. The fourth-order valence-corrected chi connectivity index (χ4v) is 5.60. The second kappa shape index (κ2) is 10.6. The summed E-state index contributed by atoms with van der Waals surface area (Å²) in [6, 6.07) is 10.9. The second-order valence-corrected chi connectivity index (χ2v) is 9.82. The van der Waals surface area contributed by atoms with Crippen molar-refractivity contribution in [3.8, 4) is 16.3 Å². The highest BCUT2D eigenvalue weighted by molar-refractivity contribution is 7.13. The second-order valence-electron chi connectivity index (χ2n) is 8.96. The van der Waals surface area contributed by atoms with Gasteiger partial charge in [-0.2, -0.15) is 0 Å². The number of piperidine rings is 1. The van der Waals surface area contributed by atoms with E-state index in [0.29, 0.717) is 31.8 Å².